The van der Waals surface area contributed by atoms with Crippen molar-refractivity contribution in [2.75, 3.05) is 26.2 Å². The molecule has 1 aliphatic heterocycles. The molecule has 3 aromatic rings. The van der Waals surface area contributed by atoms with E-state index in [2.05, 4.69) is 16.5 Å². The van der Waals surface area contributed by atoms with Crippen LogP contribution in [0, 0.1) is 5.82 Å². The Bertz CT molecular complexity index is 1370. The molecule has 0 N–H and O–H groups in total. The van der Waals surface area contributed by atoms with Crippen molar-refractivity contribution in [2.24, 2.45) is 7.05 Å². The van der Waals surface area contributed by atoms with Crippen molar-refractivity contribution < 1.29 is 9.13 Å². The van der Waals surface area contributed by atoms with Gasteiger partial charge < -0.3 is 9.64 Å². The van der Waals surface area contributed by atoms with E-state index in [9.17, 15) is 4.79 Å². The molecule has 36 heavy (non-hydrogen) atoms. The zero-order valence-corrected chi connectivity index (χ0v) is 21.9. The van der Waals surface area contributed by atoms with Gasteiger partial charge in [0.2, 0.25) is 0 Å². The lowest BCUT2D eigenvalue weighted by molar-refractivity contribution is 0.171. The smallest absolute Gasteiger partial charge is 0.329 e. The fraction of sp³-hybridized carbons (Fsp3) is 0.448. The predicted molar refractivity (Wildman–Crippen MR) is 146 cm³/mol. The van der Waals surface area contributed by atoms with E-state index in [1.165, 1.54) is 38.4 Å². The standard InChI is InChI=1S/C29H37FN4O2/c1-6-22(12-11-21(4)36-16-10-15-33-13-8-7-9-14-33)23-17-24-26(18-25(23)30)31-19-27-28(24)34(20(2)3)29(35)32(27)5/h6,11-12,17-20H,1,7-10,13-16H2,2-5H3/b21-11+,22-12+. The SMILES string of the molecule is C=C/C(=C\C=C(/C)OCCCN1CCCCC1)c1cc2c(cc1F)ncc1c2n(C(C)C)c(=O)n1C. The summed E-state index contributed by atoms with van der Waals surface area (Å²) in [6.07, 6.45) is 11.9. The summed E-state index contributed by atoms with van der Waals surface area (Å²) < 4.78 is 24.4. The summed E-state index contributed by atoms with van der Waals surface area (Å²) in [5, 5.41) is 0.734. The number of hydrogen-bond donors (Lipinski definition) is 0. The van der Waals surface area contributed by atoms with Gasteiger partial charge in [-0.3, -0.25) is 14.1 Å². The molecule has 6 nitrogen and oxygen atoms in total. The van der Waals surface area contributed by atoms with Crippen LogP contribution in [-0.2, 0) is 11.8 Å². The second-order valence-corrected chi connectivity index (χ2v) is 9.85. The molecule has 1 saturated heterocycles. The van der Waals surface area contributed by atoms with Gasteiger partial charge in [-0.15, -0.1) is 0 Å². The number of aryl methyl sites for hydroxylation is 1. The predicted octanol–water partition coefficient (Wildman–Crippen LogP) is 5.97. The first-order chi connectivity index (χ1) is 17.3. The van der Waals surface area contributed by atoms with Crippen LogP contribution in [0.1, 0.15) is 58.1 Å². The number of hydrogen-bond acceptors (Lipinski definition) is 4. The zero-order chi connectivity index (χ0) is 25.8. The molecule has 0 unspecified atom stereocenters. The largest absolute Gasteiger partial charge is 0.498 e. The van der Waals surface area contributed by atoms with E-state index in [0.717, 1.165) is 35.1 Å². The summed E-state index contributed by atoms with van der Waals surface area (Å²) in [6.45, 7) is 13.8. The highest BCUT2D eigenvalue weighted by molar-refractivity contribution is 6.04. The van der Waals surface area contributed by atoms with Crippen LogP contribution in [0.5, 0.6) is 0 Å². The van der Waals surface area contributed by atoms with Crippen molar-refractivity contribution in [1.29, 1.82) is 0 Å². The zero-order valence-electron chi connectivity index (χ0n) is 21.9. The van der Waals surface area contributed by atoms with Gasteiger partial charge in [-0.1, -0.05) is 25.2 Å². The second-order valence-electron chi connectivity index (χ2n) is 9.85. The molecule has 3 heterocycles. The normalized spacial score (nSPS) is 15.8. The third-order valence-corrected chi connectivity index (χ3v) is 6.95. The Morgan fingerprint density at radius 3 is 2.67 bits per heavy atom. The van der Waals surface area contributed by atoms with Crippen molar-refractivity contribution in [3.63, 3.8) is 0 Å². The minimum atomic E-state index is -0.386. The van der Waals surface area contributed by atoms with E-state index in [1.807, 2.05) is 32.9 Å². The van der Waals surface area contributed by atoms with Crippen molar-refractivity contribution >= 4 is 27.5 Å². The highest BCUT2D eigenvalue weighted by Gasteiger charge is 2.18. The topological polar surface area (TPSA) is 52.3 Å². The van der Waals surface area contributed by atoms with E-state index < -0.39 is 0 Å². The molecule has 0 atom stereocenters. The average Bonchev–Trinajstić information content (AvgIpc) is 3.13. The molecule has 1 aromatic carbocycles. The van der Waals surface area contributed by atoms with E-state index in [1.54, 1.807) is 34.5 Å². The van der Waals surface area contributed by atoms with Crippen LogP contribution in [0.2, 0.25) is 0 Å². The number of nitrogens with zero attached hydrogens (tertiary/aromatic N) is 4. The van der Waals surface area contributed by atoms with Crippen molar-refractivity contribution in [1.82, 2.24) is 19.0 Å². The lowest BCUT2D eigenvalue weighted by Gasteiger charge is -2.26. The lowest BCUT2D eigenvalue weighted by atomic mass is 10.0. The number of allylic oxidation sites excluding steroid dienone is 5. The van der Waals surface area contributed by atoms with Crippen LogP contribution in [0.4, 0.5) is 4.39 Å². The van der Waals surface area contributed by atoms with E-state index in [-0.39, 0.29) is 17.5 Å². The Balaban J connectivity index is 1.60. The van der Waals surface area contributed by atoms with Gasteiger partial charge in [-0.05, 0) is 70.8 Å². The van der Waals surface area contributed by atoms with Crippen LogP contribution in [0.25, 0.3) is 27.5 Å². The van der Waals surface area contributed by atoms with Crippen LogP contribution < -0.4 is 5.69 Å². The number of ether oxygens (including phenoxy) is 1. The van der Waals surface area contributed by atoms with Gasteiger partial charge in [0.15, 0.2) is 0 Å². The van der Waals surface area contributed by atoms with Crippen molar-refractivity contribution in [2.45, 2.75) is 52.5 Å². The molecule has 0 saturated carbocycles. The summed E-state index contributed by atoms with van der Waals surface area (Å²) in [6, 6.07) is 3.15. The van der Waals surface area contributed by atoms with Gasteiger partial charge in [-0.2, -0.15) is 0 Å². The molecule has 0 amide bonds. The van der Waals surface area contributed by atoms with Crippen LogP contribution in [-0.4, -0.2) is 45.3 Å². The Hall–Kier alpha value is -3.19. The number of rotatable bonds is 9. The highest BCUT2D eigenvalue weighted by atomic mass is 19.1. The molecule has 0 bridgehead atoms. The molecule has 192 valence electrons. The number of piperidine rings is 1. The molecule has 1 aliphatic rings. The summed E-state index contributed by atoms with van der Waals surface area (Å²) in [7, 11) is 1.73. The van der Waals surface area contributed by atoms with Gasteiger partial charge in [0.1, 0.15) is 5.82 Å². The van der Waals surface area contributed by atoms with Crippen LogP contribution in [0.15, 0.2) is 53.7 Å². The van der Waals surface area contributed by atoms with Gasteiger partial charge in [-0.25, -0.2) is 9.18 Å². The maximum atomic E-state index is 15.2. The van der Waals surface area contributed by atoms with Crippen LogP contribution in [0.3, 0.4) is 0 Å². The lowest BCUT2D eigenvalue weighted by Crippen LogP contribution is -2.31. The third kappa shape index (κ3) is 5.31. The number of imidazole rings is 1. The summed E-state index contributed by atoms with van der Waals surface area (Å²) in [4.78, 5) is 19.8. The first-order valence-corrected chi connectivity index (χ1v) is 12.9. The Labute approximate surface area is 212 Å². The molecule has 0 aliphatic carbocycles. The second kappa shape index (κ2) is 11.2. The number of aromatic nitrogens is 3. The molecule has 0 radical (unpaired) electrons. The number of benzene rings is 1. The van der Waals surface area contributed by atoms with Crippen LogP contribution >= 0.6 is 0 Å². The number of likely N-dealkylation sites (tertiary alicyclic amines) is 1. The first-order valence-electron chi connectivity index (χ1n) is 12.9. The first kappa shape index (κ1) is 25.9. The molecule has 2 aromatic heterocycles. The molecule has 4 rings (SSSR count). The molecule has 0 spiro atoms. The van der Waals surface area contributed by atoms with Gasteiger partial charge in [0.25, 0.3) is 0 Å². The fourth-order valence-electron chi connectivity index (χ4n) is 4.98. The van der Waals surface area contributed by atoms with E-state index in [4.69, 9.17) is 4.74 Å². The minimum absolute atomic E-state index is 0.0487. The van der Waals surface area contributed by atoms with Gasteiger partial charge >= 0.3 is 5.69 Å². The highest BCUT2D eigenvalue weighted by Crippen LogP contribution is 2.30. The van der Waals surface area contributed by atoms with E-state index >= 15 is 4.39 Å². The van der Waals surface area contributed by atoms with Crippen molar-refractivity contribution in [3.8, 4) is 0 Å². The van der Waals surface area contributed by atoms with Gasteiger partial charge in [0, 0.05) is 36.7 Å². The quantitative estimate of drug-likeness (QED) is 0.210. The maximum absolute atomic E-state index is 15.2. The fourth-order valence-corrected chi connectivity index (χ4v) is 4.98. The van der Waals surface area contributed by atoms with Crippen molar-refractivity contribution in [3.05, 3.63) is 70.8 Å². The Morgan fingerprint density at radius 2 is 1.97 bits per heavy atom. The Morgan fingerprint density at radius 1 is 1.22 bits per heavy atom. The number of pyridine rings is 1. The molecular weight excluding hydrogens is 455 g/mol. The summed E-state index contributed by atoms with van der Waals surface area (Å²) in [5.74, 6) is 0.387. The third-order valence-electron chi connectivity index (χ3n) is 6.95. The summed E-state index contributed by atoms with van der Waals surface area (Å²) >= 11 is 0. The summed E-state index contributed by atoms with van der Waals surface area (Å²) in [5.41, 5.74) is 2.92. The molecule has 7 heteroatoms. The average molecular weight is 493 g/mol. The molecule has 1 fully saturated rings. The number of fused-ring (bicyclic) bond motifs is 3. The number of halogens is 1. The van der Waals surface area contributed by atoms with Gasteiger partial charge in [0.05, 0.1) is 35.1 Å². The van der Waals surface area contributed by atoms with E-state index in [0.29, 0.717) is 23.3 Å². The monoisotopic (exact) mass is 492 g/mol. The molecular formula is C29H37FN4O2. The maximum Gasteiger partial charge on any atom is 0.329 e. The minimum Gasteiger partial charge on any atom is -0.498 e. The Kier molecular flexibility index (Phi) is 8.09.